The molecule has 0 radical (unpaired) electrons. The summed E-state index contributed by atoms with van der Waals surface area (Å²) in [7, 11) is 0. The minimum absolute atomic E-state index is 0.150. The van der Waals surface area contributed by atoms with Crippen LogP contribution in [0.1, 0.15) is 38.2 Å². The van der Waals surface area contributed by atoms with Crippen molar-refractivity contribution in [2.75, 3.05) is 0 Å². The van der Waals surface area contributed by atoms with E-state index in [1.807, 2.05) is 32.0 Å². The lowest BCUT2D eigenvalue weighted by atomic mass is 9.90. The van der Waals surface area contributed by atoms with Gasteiger partial charge in [0.15, 0.2) is 5.78 Å². The first-order valence-electron chi connectivity index (χ1n) is 5.94. The smallest absolute Gasteiger partial charge is 0.156 e. The number of carbonyl (C=O) groups is 1. The Balaban J connectivity index is 2.05. The highest BCUT2D eigenvalue weighted by atomic mass is 16.1. The minimum atomic E-state index is -0.645. The van der Waals surface area contributed by atoms with Crippen molar-refractivity contribution in [1.29, 1.82) is 0 Å². The second kappa shape index (κ2) is 4.02. The van der Waals surface area contributed by atoms with Crippen molar-refractivity contribution in [3.63, 3.8) is 0 Å². The molecule has 0 spiro atoms. The van der Waals surface area contributed by atoms with Gasteiger partial charge >= 0.3 is 0 Å². The molecule has 3 atom stereocenters. The lowest BCUT2D eigenvalue weighted by Gasteiger charge is -2.20. The number of carbonyl (C=O) groups excluding carboxylic acids is 1. The largest absolute Gasteiger partial charge is 0.319 e. The van der Waals surface area contributed by atoms with Crippen LogP contribution in [0.2, 0.25) is 0 Å². The molecule has 1 aliphatic rings. The highest BCUT2D eigenvalue weighted by Gasteiger charge is 2.48. The van der Waals surface area contributed by atoms with E-state index < -0.39 is 5.54 Å². The first-order valence-corrected chi connectivity index (χ1v) is 5.94. The fourth-order valence-corrected chi connectivity index (χ4v) is 2.15. The van der Waals surface area contributed by atoms with Gasteiger partial charge in [0, 0.05) is 5.92 Å². The molecule has 16 heavy (non-hydrogen) atoms. The number of hydrogen-bond donors (Lipinski definition) is 1. The predicted molar refractivity (Wildman–Crippen MR) is 65.2 cm³/mol. The number of hydrogen-bond acceptors (Lipinski definition) is 2. The third-order valence-corrected chi connectivity index (χ3v) is 3.65. The first-order chi connectivity index (χ1) is 7.56. The molecule has 0 amide bonds. The number of nitrogens with two attached hydrogens (primary N) is 1. The number of benzene rings is 1. The van der Waals surface area contributed by atoms with Gasteiger partial charge in [-0.15, -0.1) is 0 Å². The molecule has 0 heterocycles. The molecule has 2 nitrogen and oxygen atoms in total. The van der Waals surface area contributed by atoms with E-state index in [1.165, 1.54) is 5.56 Å². The van der Waals surface area contributed by atoms with Gasteiger partial charge in [0.25, 0.3) is 0 Å². The molecule has 1 aromatic carbocycles. The molecule has 86 valence electrons. The molecule has 0 aromatic heterocycles. The summed E-state index contributed by atoms with van der Waals surface area (Å²) in [5, 5.41) is 0. The molecule has 1 saturated carbocycles. The van der Waals surface area contributed by atoms with Gasteiger partial charge < -0.3 is 5.73 Å². The topological polar surface area (TPSA) is 43.1 Å². The van der Waals surface area contributed by atoms with Crippen LogP contribution in [0.5, 0.6) is 0 Å². The first kappa shape index (κ1) is 11.3. The summed E-state index contributed by atoms with van der Waals surface area (Å²) < 4.78 is 0. The minimum Gasteiger partial charge on any atom is -0.319 e. The Morgan fingerprint density at radius 3 is 2.62 bits per heavy atom. The van der Waals surface area contributed by atoms with E-state index in [9.17, 15) is 4.79 Å². The summed E-state index contributed by atoms with van der Waals surface area (Å²) in [6.07, 6.45) is 1.68. The van der Waals surface area contributed by atoms with Crippen molar-refractivity contribution in [2.24, 2.45) is 11.7 Å². The van der Waals surface area contributed by atoms with Crippen molar-refractivity contribution >= 4 is 5.78 Å². The summed E-state index contributed by atoms with van der Waals surface area (Å²) in [5.41, 5.74) is 6.62. The van der Waals surface area contributed by atoms with Crippen LogP contribution in [0.15, 0.2) is 30.3 Å². The molecular weight excluding hydrogens is 198 g/mol. The monoisotopic (exact) mass is 217 g/mol. The summed E-state index contributed by atoms with van der Waals surface area (Å²) in [6, 6.07) is 10.2. The molecule has 3 unspecified atom stereocenters. The highest BCUT2D eigenvalue weighted by molar-refractivity contribution is 5.92. The number of ketones is 1. The Hall–Kier alpha value is -1.15. The fraction of sp³-hybridized carbons (Fsp3) is 0.500. The third-order valence-electron chi connectivity index (χ3n) is 3.65. The molecule has 2 heteroatoms. The van der Waals surface area contributed by atoms with Gasteiger partial charge in [-0.2, -0.15) is 0 Å². The van der Waals surface area contributed by atoms with Crippen molar-refractivity contribution in [1.82, 2.24) is 0 Å². The van der Waals surface area contributed by atoms with Gasteiger partial charge in [0.05, 0.1) is 5.54 Å². The zero-order valence-electron chi connectivity index (χ0n) is 9.94. The molecule has 1 aliphatic carbocycles. The number of rotatable bonds is 4. The van der Waals surface area contributed by atoms with E-state index in [-0.39, 0.29) is 11.7 Å². The molecule has 0 saturated heterocycles. The van der Waals surface area contributed by atoms with Crippen LogP contribution >= 0.6 is 0 Å². The SMILES string of the molecule is CCC(C)(N)C(=O)C1CC1c1ccccc1. The van der Waals surface area contributed by atoms with E-state index >= 15 is 0 Å². The standard InChI is InChI=1S/C14H19NO/c1-3-14(2,15)13(16)12-9-11(12)10-7-5-4-6-8-10/h4-8,11-12H,3,9,15H2,1-2H3. The van der Waals surface area contributed by atoms with Crippen molar-refractivity contribution in [3.8, 4) is 0 Å². The van der Waals surface area contributed by atoms with Crippen LogP contribution in [0.4, 0.5) is 0 Å². The van der Waals surface area contributed by atoms with E-state index in [1.54, 1.807) is 0 Å². The van der Waals surface area contributed by atoms with Gasteiger partial charge in [0.1, 0.15) is 0 Å². The van der Waals surface area contributed by atoms with Crippen molar-refractivity contribution in [3.05, 3.63) is 35.9 Å². The Kier molecular flexibility index (Phi) is 2.85. The van der Waals surface area contributed by atoms with Gasteiger partial charge in [-0.3, -0.25) is 4.79 Å². The van der Waals surface area contributed by atoms with Crippen LogP contribution < -0.4 is 5.73 Å². The normalized spacial score (nSPS) is 27.2. The molecular formula is C14H19NO. The molecule has 2 N–H and O–H groups in total. The third kappa shape index (κ3) is 2.03. The Morgan fingerprint density at radius 1 is 1.44 bits per heavy atom. The van der Waals surface area contributed by atoms with Gasteiger partial charge in [-0.1, -0.05) is 37.3 Å². The van der Waals surface area contributed by atoms with Crippen LogP contribution in [0.3, 0.4) is 0 Å². The van der Waals surface area contributed by atoms with Crippen LogP contribution in [-0.4, -0.2) is 11.3 Å². The zero-order valence-corrected chi connectivity index (χ0v) is 9.94. The maximum Gasteiger partial charge on any atom is 0.156 e. The molecule has 1 aromatic rings. The Morgan fingerprint density at radius 2 is 2.06 bits per heavy atom. The van der Waals surface area contributed by atoms with Crippen LogP contribution in [0.25, 0.3) is 0 Å². The molecule has 1 fully saturated rings. The molecule has 2 rings (SSSR count). The maximum absolute atomic E-state index is 12.1. The summed E-state index contributed by atoms with van der Waals surface area (Å²) in [6.45, 7) is 3.81. The van der Waals surface area contributed by atoms with Gasteiger partial charge in [-0.05, 0) is 31.2 Å². The lowest BCUT2D eigenvalue weighted by Crippen LogP contribution is -2.45. The van der Waals surface area contributed by atoms with Crippen LogP contribution in [-0.2, 0) is 4.79 Å². The van der Waals surface area contributed by atoms with E-state index in [2.05, 4.69) is 12.1 Å². The average Bonchev–Trinajstić information content (AvgIpc) is 3.09. The summed E-state index contributed by atoms with van der Waals surface area (Å²) in [4.78, 5) is 12.1. The fourth-order valence-electron chi connectivity index (χ4n) is 2.15. The summed E-state index contributed by atoms with van der Waals surface area (Å²) in [5.74, 6) is 0.782. The quantitative estimate of drug-likeness (QED) is 0.842. The van der Waals surface area contributed by atoms with Gasteiger partial charge in [-0.25, -0.2) is 0 Å². The average molecular weight is 217 g/mol. The highest BCUT2D eigenvalue weighted by Crippen LogP contribution is 2.49. The van der Waals surface area contributed by atoms with Crippen molar-refractivity contribution in [2.45, 2.75) is 38.1 Å². The summed E-state index contributed by atoms with van der Waals surface area (Å²) >= 11 is 0. The lowest BCUT2D eigenvalue weighted by molar-refractivity contribution is -0.125. The predicted octanol–water partition coefficient (Wildman–Crippen LogP) is 2.49. The van der Waals surface area contributed by atoms with E-state index in [0.29, 0.717) is 12.3 Å². The second-order valence-corrected chi connectivity index (χ2v) is 4.99. The van der Waals surface area contributed by atoms with E-state index in [4.69, 9.17) is 5.73 Å². The Labute approximate surface area is 96.8 Å². The second-order valence-electron chi connectivity index (χ2n) is 4.99. The molecule has 0 bridgehead atoms. The number of Topliss-reactive ketones (excluding diaryl/α,β-unsaturated/α-hetero) is 1. The molecule has 0 aliphatic heterocycles. The van der Waals surface area contributed by atoms with Crippen molar-refractivity contribution < 1.29 is 4.79 Å². The Bertz CT molecular complexity index is 383. The maximum atomic E-state index is 12.1. The van der Waals surface area contributed by atoms with Gasteiger partial charge in [0.2, 0.25) is 0 Å². The van der Waals surface area contributed by atoms with E-state index in [0.717, 1.165) is 6.42 Å². The van der Waals surface area contributed by atoms with Crippen LogP contribution in [0, 0.1) is 5.92 Å². The zero-order chi connectivity index (χ0) is 11.8.